The average Bonchev–Trinajstić information content (AvgIpc) is 2.98. The topological polar surface area (TPSA) is 42.0 Å². The molecule has 23 heavy (non-hydrogen) atoms. The Morgan fingerprint density at radius 1 is 1.09 bits per heavy atom. The van der Waals surface area contributed by atoms with Gasteiger partial charge in [0, 0.05) is 11.3 Å². The molecular weight excluding hydrogens is 304 g/mol. The van der Waals surface area contributed by atoms with E-state index in [0.29, 0.717) is 4.88 Å². The van der Waals surface area contributed by atoms with Crippen molar-refractivity contribution in [3.8, 4) is 10.6 Å². The van der Waals surface area contributed by atoms with E-state index in [4.69, 9.17) is 0 Å². The third-order valence-electron chi connectivity index (χ3n) is 3.64. The van der Waals surface area contributed by atoms with Crippen molar-refractivity contribution < 1.29 is 4.79 Å². The van der Waals surface area contributed by atoms with Crippen LogP contribution in [0.2, 0.25) is 0 Å². The fraction of sp³-hybridized carbons (Fsp3) is 0.158. The second kappa shape index (κ2) is 6.75. The molecule has 2 aromatic carbocycles. The van der Waals surface area contributed by atoms with Crippen molar-refractivity contribution in [1.82, 2.24) is 4.98 Å². The zero-order chi connectivity index (χ0) is 16.2. The minimum absolute atomic E-state index is 0.109. The second-order valence-electron chi connectivity index (χ2n) is 5.30. The maximum Gasteiger partial charge on any atom is 0.267 e. The van der Waals surface area contributed by atoms with Gasteiger partial charge in [0.05, 0.1) is 5.69 Å². The van der Waals surface area contributed by atoms with Crippen molar-refractivity contribution in [2.45, 2.75) is 20.3 Å². The Kier molecular flexibility index (Phi) is 4.53. The molecular formula is C19H18N2OS. The summed E-state index contributed by atoms with van der Waals surface area (Å²) >= 11 is 1.43. The quantitative estimate of drug-likeness (QED) is 0.739. The molecule has 1 N–H and O–H groups in total. The Balaban J connectivity index is 1.84. The SMILES string of the molecule is CCc1ccc(-c2nc(C)c(C(=O)Nc3ccccc3)s2)cc1. The van der Waals surface area contributed by atoms with Crippen molar-refractivity contribution in [2.24, 2.45) is 0 Å². The van der Waals surface area contributed by atoms with Gasteiger partial charge in [0.1, 0.15) is 9.88 Å². The molecule has 0 atom stereocenters. The molecule has 1 aromatic heterocycles. The van der Waals surface area contributed by atoms with E-state index in [2.05, 4.69) is 41.5 Å². The molecule has 1 heterocycles. The highest BCUT2D eigenvalue weighted by Gasteiger charge is 2.16. The molecule has 0 bridgehead atoms. The van der Waals surface area contributed by atoms with Crippen LogP contribution in [0.3, 0.4) is 0 Å². The van der Waals surface area contributed by atoms with E-state index in [1.807, 2.05) is 37.3 Å². The molecule has 0 saturated heterocycles. The van der Waals surface area contributed by atoms with Crippen LogP contribution in [-0.4, -0.2) is 10.9 Å². The number of rotatable bonds is 4. The highest BCUT2D eigenvalue weighted by atomic mass is 32.1. The lowest BCUT2D eigenvalue weighted by Gasteiger charge is -2.03. The third-order valence-corrected chi connectivity index (χ3v) is 4.85. The summed E-state index contributed by atoms with van der Waals surface area (Å²) in [5, 5.41) is 3.79. The summed E-state index contributed by atoms with van der Waals surface area (Å²) in [6.45, 7) is 4.01. The van der Waals surface area contributed by atoms with Crippen LogP contribution in [0, 0.1) is 6.92 Å². The monoisotopic (exact) mass is 322 g/mol. The van der Waals surface area contributed by atoms with E-state index < -0.39 is 0 Å². The minimum atomic E-state index is -0.109. The molecule has 0 aliphatic rings. The molecule has 0 radical (unpaired) electrons. The first-order valence-electron chi connectivity index (χ1n) is 7.60. The summed E-state index contributed by atoms with van der Waals surface area (Å²) in [6.07, 6.45) is 1.02. The van der Waals surface area contributed by atoms with E-state index in [1.54, 1.807) is 0 Å². The summed E-state index contributed by atoms with van der Waals surface area (Å²) in [5.41, 5.74) is 3.90. The van der Waals surface area contributed by atoms with Crippen LogP contribution in [0.5, 0.6) is 0 Å². The van der Waals surface area contributed by atoms with Gasteiger partial charge < -0.3 is 5.32 Å². The zero-order valence-electron chi connectivity index (χ0n) is 13.2. The van der Waals surface area contributed by atoms with Crippen LogP contribution in [0.15, 0.2) is 54.6 Å². The summed E-state index contributed by atoms with van der Waals surface area (Å²) in [7, 11) is 0. The normalized spacial score (nSPS) is 10.5. The number of benzene rings is 2. The molecule has 0 saturated carbocycles. The molecule has 1 amide bonds. The Morgan fingerprint density at radius 2 is 1.78 bits per heavy atom. The van der Waals surface area contributed by atoms with Gasteiger partial charge in [0.25, 0.3) is 5.91 Å². The Hall–Kier alpha value is -2.46. The number of anilines is 1. The van der Waals surface area contributed by atoms with Crippen molar-refractivity contribution in [3.63, 3.8) is 0 Å². The number of amides is 1. The Morgan fingerprint density at radius 3 is 2.43 bits per heavy atom. The molecule has 3 aromatic rings. The molecule has 4 heteroatoms. The zero-order valence-corrected chi connectivity index (χ0v) is 14.0. The van der Waals surface area contributed by atoms with Crippen LogP contribution in [0.4, 0.5) is 5.69 Å². The van der Waals surface area contributed by atoms with Crippen molar-refractivity contribution in [2.75, 3.05) is 5.32 Å². The van der Waals surface area contributed by atoms with Crippen LogP contribution in [0.1, 0.15) is 27.9 Å². The minimum Gasteiger partial charge on any atom is -0.321 e. The lowest BCUT2D eigenvalue weighted by molar-refractivity contribution is 0.103. The van der Waals surface area contributed by atoms with Gasteiger partial charge in [0.15, 0.2) is 0 Å². The smallest absolute Gasteiger partial charge is 0.267 e. The number of hydrogen-bond donors (Lipinski definition) is 1. The fourth-order valence-electron chi connectivity index (χ4n) is 2.32. The second-order valence-corrected chi connectivity index (χ2v) is 6.30. The molecule has 3 rings (SSSR count). The number of nitrogens with zero attached hydrogens (tertiary/aromatic N) is 1. The van der Waals surface area contributed by atoms with Crippen molar-refractivity contribution >= 4 is 22.9 Å². The van der Waals surface area contributed by atoms with Gasteiger partial charge in [0.2, 0.25) is 0 Å². The van der Waals surface area contributed by atoms with Gasteiger partial charge in [-0.1, -0.05) is 49.4 Å². The maximum atomic E-state index is 12.4. The van der Waals surface area contributed by atoms with Crippen LogP contribution in [0.25, 0.3) is 10.6 Å². The molecule has 116 valence electrons. The molecule has 0 unspecified atom stereocenters. The Labute approximate surface area is 140 Å². The fourth-order valence-corrected chi connectivity index (χ4v) is 3.29. The number of para-hydroxylation sites is 1. The molecule has 0 aliphatic heterocycles. The van der Waals surface area contributed by atoms with E-state index in [-0.39, 0.29) is 5.91 Å². The van der Waals surface area contributed by atoms with E-state index in [1.165, 1.54) is 16.9 Å². The van der Waals surface area contributed by atoms with E-state index >= 15 is 0 Å². The van der Waals surface area contributed by atoms with E-state index in [9.17, 15) is 4.79 Å². The van der Waals surface area contributed by atoms with Crippen molar-refractivity contribution in [1.29, 1.82) is 0 Å². The maximum absolute atomic E-state index is 12.4. The number of aromatic nitrogens is 1. The van der Waals surface area contributed by atoms with Gasteiger partial charge in [-0.05, 0) is 31.0 Å². The highest BCUT2D eigenvalue weighted by molar-refractivity contribution is 7.17. The van der Waals surface area contributed by atoms with Crippen LogP contribution >= 0.6 is 11.3 Å². The van der Waals surface area contributed by atoms with Gasteiger partial charge >= 0.3 is 0 Å². The predicted octanol–water partition coefficient (Wildman–Crippen LogP) is 4.93. The molecule has 3 nitrogen and oxygen atoms in total. The Bertz CT molecular complexity index is 807. The number of carbonyl (C=O) groups excluding carboxylic acids is 1. The number of aryl methyl sites for hydroxylation is 2. The van der Waals surface area contributed by atoms with Gasteiger partial charge in [-0.25, -0.2) is 4.98 Å². The molecule has 0 fully saturated rings. The number of thiazole rings is 1. The molecule has 0 spiro atoms. The van der Waals surface area contributed by atoms with E-state index in [0.717, 1.165) is 28.4 Å². The third kappa shape index (κ3) is 3.48. The van der Waals surface area contributed by atoms with Gasteiger partial charge in [-0.3, -0.25) is 4.79 Å². The lowest BCUT2D eigenvalue weighted by atomic mass is 10.1. The summed E-state index contributed by atoms with van der Waals surface area (Å²) in [5.74, 6) is -0.109. The summed E-state index contributed by atoms with van der Waals surface area (Å²) in [6, 6.07) is 17.8. The highest BCUT2D eigenvalue weighted by Crippen LogP contribution is 2.28. The van der Waals surface area contributed by atoms with Crippen LogP contribution in [-0.2, 0) is 6.42 Å². The van der Waals surface area contributed by atoms with Crippen LogP contribution < -0.4 is 5.32 Å². The number of nitrogens with one attached hydrogen (secondary N) is 1. The first-order chi connectivity index (χ1) is 11.2. The van der Waals surface area contributed by atoms with Gasteiger partial charge in [-0.2, -0.15) is 0 Å². The first-order valence-corrected chi connectivity index (χ1v) is 8.42. The predicted molar refractivity (Wildman–Crippen MR) is 96.1 cm³/mol. The summed E-state index contributed by atoms with van der Waals surface area (Å²) < 4.78 is 0. The lowest BCUT2D eigenvalue weighted by Crippen LogP contribution is -2.11. The first kappa shape index (κ1) is 15.4. The average molecular weight is 322 g/mol. The van der Waals surface area contributed by atoms with Gasteiger partial charge in [-0.15, -0.1) is 11.3 Å². The largest absolute Gasteiger partial charge is 0.321 e. The summed E-state index contributed by atoms with van der Waals surface area (Å²) in [4.78, 5) is 17.7. The molecule has 0 aliphatic carbocycles. The number of carbonyl (C=O) groups is 1. The number of hydrogen-bond acceptors (Lipinski definition) is 3. The van der Waals surface area contributed by atoms with Crippen molar-refractivity contribution in [3.05, 3.63) is 70.7 Å². The standard InChI is InChI=1S/C19H18N2OS/c1-3-14-9-11-15(12-10-14)19-20-13(2)17(23-19)18(22)21-16-7-5-4-6-8-16/h4-12H,3H2,1-2H3,(H,21,22).